The number of nitriles is 1. The Morgan fingerprint density at radius 3 is 2.44 bits per heavy atom. The van der Waals surface area contributed by atoms with E-state index in [-0.39, 0.29) is 11.5 Å². The average Bonchev–Trinajstić information content (AvgIpc) is 2.34. The molecule has 0 aliphatic rings. The highest BCUT2D eigenvalue weighted by Gasteiger charge is 2.34. The number of nitrogens with one attached hydrogen (secondary N) is 1. The van der Waals surface area contributed by atoms with Crippen molar-refractivity contribution in [3.05, 3.63) is 35.4 Å². The molecule has 98 valence electrons. The Labute approximate surface area is 104 Å². The van der Waals surface area contributed by atoms with Crippen LogP contribution in [0.2, 0.25) is 0 Å². The van der Waals surface area contributed by atoms with Crippen molar-refractivity contribution in [3.8, 4) is 6.07 Å². The number of nitrogens with zero attached hydrogens (tertiary/aromatic N) is 1. The summed E-state index contributed by atoms with van der Waals surface area (Å²) in [5, 5.41) is 11.6. The number of hydrogen-bond acceptors (Lipinski definition) is 2. The molecule has 2 unspecified atom stereocenters. The van der Waals surface area contributed by atoms with Crippen molar-refractivity contribution >= 4 is 0 Å². The molecule has 0 spiro atoms. The molecular weight excluding hydrogens is 241 g/mol. The van der Waals surface area contributed by atoms with E-state index in [1.165, 1.54) is 12.1 Å². The fraction of sp³-hybridized carbons (Fsp3) is 0.462. The molecule has 1 aromatic carbocycles. The molecule has 1 aromatic rings. The normalized spacial score (nSPS) is 14.9. The Morgan fingerprint density at radius 1 is 1.28 bits per heavy atom. The third-order valence-electron chi connectivity index (χ3n) is 2.68. The van der Waals surface area contributed by atoms with Crippen molar-refractivity contribution < 1.29 is 13.2 Å². The van der Waals surface area contributed by atoms with Crippen LogP contribution in [-0.4, -0.2) is 6.54 Å². The number of rotatable bonds is 4. The molecule has 0 fully saturated rings. The zero-order valence-electron chi connectivity index (χ0n) is 10.3. The molecule has 2 atom stereocenters. The molecule has 0 radical (unpaired) electrons. The van der Waals surface area contributed by atoms with E-state index in [2.05, 4.69) is 5.32 Å². The minimum Gasteiger partial charge on any atom is -0.309 e. The summed E-state index contributed by atoms with van der Waals surface area (Å²) in [6, 6.07) is 7.06. The van der Waals surface area contributed by atoms with Crippen LogP contribution in [0.5, 0.6) is 0 Å². The Kier molecular flexibility index (Phi) is 4.74. The summed E-state index contributed by atoms with van der Waals surface area (Å²) < 4.78 is 38.4. The maximum atomic E-state index is 12.8. The minimum atomic E-state index is -4.35. The van der Waals surface area contributed by atoms with Crippen LogP contribution in [0.25, 0.3) is 0 Å². The fourth-order valence-corrected chi connectivity index (χ4v) is 1.64. The molecule has 0 bridgehead atoms. The lowest BCUT2D eigenvalue weighted by atomic mass is 10.0. The van der Waals surface area contributed by atoms with Gasteiger partial charge in [-0.2, -0.15) is 18.4 Å². The van der Waals surface area contributed by atoms with Crippen LogP contribution in [0.15, 0.2) is 24.3 Å². The summed E-state index contributed by atoms with van der Waals surface area (Å²) in [6.45, 7) is 3.74. The predicted molar refractivity (Wildman–Crippen MR) is 62.6 cm³/mol. The van der Waals surface area contributed by atoms with E-state index in [0.717, 1.165) is 6.07 Å². The number of hydrogen-bond donors (Lipinski definition) is 1. The molecule has 0 aliphatic heterocycles. The summed E-state index contributed by atoms with van der Waals surface area (Å²) in [6.07, 6.45) is -4.35. The van der Waals surface area contributed by atoms with Crippen molar-refractivity contribution in [1.29, 1.82) is 5.26 Å². The summed E-state index contributed by atoms with van der Waals surface area (Å²) >= 11 is 0. The lowest BCUT2D eigenvalue weighted by molar-refractivity contribution is -0.138. The molecule has 0 heterocycles. The van der Waals surface area contributed by atoms with E-state index < -0.39 is 17.8 Å². The van der Waals surface area contributed by atoms with E-state index >= 15 is 0 Å². The molecule has 2 nitrogen and oxygen atoms in total. The van der Waals surface area contributed by atoms with E-state index in [9.17, 15) is 13.2 Å². The topological polar surface area (TPSA) is 35.8 Å². The van der Waals surface area contributed by atoms with Crippen LogP contribution in [0.3, 0.4) is 0 Å². The highest BCUT2D eigenvalue weighted by Crippen LogP contribution is 2.34. The highest BCUT2D eigenvalue weighted by molar-refractivity contribution is 5.32. The van der Waals surface area contributed by atoms with Gasteiger partial charge >= 0.3 is 6.18 Å². The van der Waals surface area contributed by atoms with Crippen LogP contribution in [-0.2, 0) is 6.18 Å². The van der Waals surface area contributed by atoms with Gasteiger partial charge in [-0.15, -0.1) is 0 Å². The molecule has 0 saturated carbocycles. The third kappa shape index (κ3) is 3.74. The van der Waals surface area contributed by atoms with Gasteiger partial charge in [0.2, 0.25) is 0 Å². The smallest absolute Gasteiger partial charge is 0.309 e. The first-order valence-corrected chi connectivity index (χ1v) is 5.65. The number of alkyl halides is 3. The largest absolute Gasteiger partial charge is 0.416 e. The van der Waals surface area contributed by atoms with Crippen LogP contribution in [0.1, 0.15) is 31.0 Å². The quantitative estimate of drug-likeness (QED) is 0.894. The van der Waals surface area contributed by atoms with Gasteiger partial charge in [0.15, 0.2) is 0 Å². The summed E-state index contributed by atoms with van der Waals surface area (Å²) in [4.78, 5) is 0. The predicted octanol–water partition coefficient (Wildman–Crippen LogP) is 3.52. The van der Waals surface area contributed by atoms with Crippen LogP contribution in [0, 0.1) is 17.2 Å². The monoisotopic (exact) mass is 256 g/mol. The molecule has 5 heteroatoms. The first-order chi connectivity index (χ1) is 8.36. The van der Waals surface area contributed by atoms with Gasteiger partial charge in [-0.1, -0.05) is 18.2 Å². The zero-order valence-corrected chi connectivity index (χ0v) is 10.3. The van der Waals surface area contributed by atoms with Crippen molar-refractivity contribution in [3.63, 3.8) is 0 Å². The van der Waals surface area contributed by atoms with Gasteiger partial charge in [-0.05, 0) is 25.5 Å². The first kappa shape index (κ1) is 14.5. The van der Waals surface area contributed by atoms with Gasteiger partial charge in [0.1, 0.15) is 0 Å². The van der Waals surface area contributed by atoms with Crippen molar-refractivity contribution in [2.24, 2.45) is 5.92 Å². The molecule has 0 aliphatic carbocycles. The Balaban J connectivity index is 2.86. The highest BCUT2D eigenvalue weighted by atomic mass is 19.4. The fourth-order valence-electron chi connectivity index (χ4n) is 1.64. The van der Waals surface area contributed by atoms with E-state index in [1.54, 1.807) is 19.9 Å². The van der Waals surface area contributed by atoms with Gasteiger partial charge in [0.25, 0.3) is 0 Å². The Hall–Kier alpha value is -1.54. The van der Waals surface area contributed by atoms with E-state index in [0.29, 0.717) is 6.54 Å². The van der Waals surface area contributed by atoms with Gasteiger partial charge in [-0.3, -0.25) is 0 Å². The maximum Gasteiger partial charge on any atom is 0.416 e. The molecular formula is C13H15F3N2. The van der Waals surface area contributed by atoms with Crippen LogP contribution >= 0.6 is 0 Å². The molecule has 1 N–H and O–H groups in total. The third-order valence-corrected chi connectivity index (χ3v) is 2.68. The molecule has 1 rings (SSSR count). The summed E-state index contributed by atoms with van der Waals surface area (Å²) in [5.74, 6) is -0.231. The van der Waals surface area contributed by atoms with Gasteiger partial charge in [0, 0.05) is 12.6 Å². The first-order valence-electron chi connectivity index (χ1n) is 5.65. The number of halogens is 3. The molecule has 18 heavy (non-hydrogen) atoms. The zero-order chi connectivity index (χ0) is 13.8. The second-order valence-corrected chi connectivity index (χ2v) is 4.25. The second kappa shape index (κ2) is 5.87. The molecule has 0 aromatic heterocycles. The minimum absolute atomic E-state index is 0.204. The van der Waals surface area contributed by atoms with Gasteiger partial charge in [0.05, 0.1) is 17.6 Å². The second-order valence-electron chi connectivity index (χ2n) is 4.25. The summed E-state index contributed by atoms with van der Waals surface area (Å²) in [7, 11) is 0. The van der Waals surface area contributed by atoms with Crippen LogP contribution in [0.4, 0.5) is 13.2 Å². The Bertz CT molecular complexity index is 435. The van der Waals surface area contributed by atoms with Crippen LogP contribution < -0.4 is 5.32 Å². The van der Waals surface area contributed by atoms with E-state index in [4.69, 9.17) is 5.26 Å². The average molecular weight is 256 g/mol. The standard InChI is InChI=1S/C13H15F3N2/c1-9(7-17)8-18-10(2)11-5-3-4-6-12(11)13(14,15)16/h3-6,9-10,18H,8H2,1-2H3. The van der Waals surface area contributed by atoms with E-state index in [1.807, 2.05) is 6.07 Å². The SMILES string of the molecule is CC(C#N)CNC(C)c1ccccc1C(F)(F)F. The van der Waals surface area contributed by atoms with Gasteiger partial charge in [-0.25, -0.2) is 0 Å². The molecule has 0 amide bonds. The van der Waals surface area contributed by atoms with Crippen molar-refractivity contribution in [2.75, 3.05) is 6.54 Å². The maximum absolute atomic E-state index is 12.8. The lowest BCUT2D eigenvalue weighted by Gasteiger charge is -2.19. The van der Waals surface area contributed by atoms with Crippen molar-refractivity contribution in [2.45, 2.75) is 26.1 Å². The van der Waals surface area contributed by atoms with Crippen molar-refractivity contribution in [1.82, 2.24) is 5.32 Å². The lowest BCUT2D eigenvalue weighted by Crippen LogP contribution is -2.25. The summed E-state index contributed by atoms with van der Waals surface area (Å²) in [5.41, 5.74) is -0.426. The Morgan fingerprint density at radius 2 is 1.89 bits per heavy atom. The molecule has 0 saturated heterocycles. The number of benzene rings is 1. The van der Waals surface area contributed by atoms with Gasteiger partial charge < -0.3 is 5.32 Å².